The summed E-state index contributed by atoms with van der Waals surface area (Å²) in [5.74, 6) is 0.941. The first kappa shape index (κ1) is 18.2. The first-order valence-electron chi connectivity index (χ1n) is 8.67. The normalized spacial score (nSPS) is 10.3. The average molecular weight is 362 g/mol. The van der Waals surface area contributed by atoms with E-state index in [0.717, 1.165) is 23.5 Å². The number of hydrogen-bond acceptors (Lipinski definition) is 6. The molecule has 1 heterocycles. The number of aryl methyl sites for hydroxylation is 1. The van der Waals surface area contributed by atoms with Gasteiger partial charge in [-0.2, -0.15) is 0 Å². The van der Waals surface area contributed by atoms with Crippen molar-refractivity contribution in [2.24, 2.45) is 0 Å². The molecular formula is C20H22N6O. The summed E-state index contributed by atoms with van der Waals surface area (Å²) < 4.78 is 0. The number of rotatable bonds is 6. The number of amides is 1. The standard InChI is InChI=1S/C20H22N6O/c1-3-14-6-4-5-7-17(14)26-20-18(21)19(22-12-23-20)25-16-10-8-15(9-11-16)24-13(2)27/h4-12H,3,21H2,1-2H3,(H,24,27)(H2,22,23,25,26). The van der Waals surface area contributed by atoms with E-state index in [9.17, 15) is 4.79 Å². The van der Waals surface area contributed by atoms with Gasteiger partial charge in [0.15, 0.2) is 11.6 Å². The van der Waals surface area contributed by atoms with E-state index in [-0.39, 0.29) is 5.91 Å². The molecule has 7 nitrogen and oxygen atoms in total. The van der Waals surface area contributed by atoms with Gasteiger partial charge in [-0.25, -0.2) is 9.97 Å². The molecule has 1 aromatic heterocycles. The number of benzene rings is 2. The Morgan fingerprint density at radius 1 is 0.963 bits per heavy atom. The van der Waals surface area contributed by atoms with Gasteiger partial charge in [0, 0.05) is 24.0 Å². The van der Waals surface area contributed by atoms with Crippen molar-refractivity contribution < 1.29 is 4.79 Å². The van der Waals surface area contributed by atoms with Crippen molar-refractivity contribution in [3.8, 4) is 0 Å². The first-order valence-corrected chi connectivity index (χ1v) is 8.67. The summed E-state index contributed by atoms with van der Waals surface area (Å²) in [4.78, 5) is 19.6. The number of anilines is 6. The summed E-state index contributed by atoms with van der Waals surface area (Å²) in [5.41, 5.74) is 10.4. The van der Waals surface area contributed by atoms with E-state index in [1.54, 1.807) is 12.1 Å². The van der Waals surface area contributed by atoms with Crippen LogP contribution >= 0.6 is 0 Å². The minimum Gasteiger partial charge on any atom is -0.393 e. The molecule has 27 heavy (non-hydrogen) atoms. The number of hydrogen-bond donors (Lipinski definition) is 4. The maximum atomic E-state index is 11.1. The van der Waals surface area contributed by atoms with Gasteiger partial charge in [-0.3, -0.25) is 4.79 Å². The van der Waals surface area contributed by atoms with Crippen LogP contribution in [0.2, 0.25) is 0 Å². The van der Waals surface area contributed by atoms with E-state index < -0.39 is 0 Å². The van der Waals surface area contributed by atoms with Crippen LogP contribution in [0.5, 0.6) is 0 Å². The molecule has 0 atom stereocenters. The summed E-state index contributed by atoms with van der Waals surface area (Å²) in [6.45, 7) is 3.57. The molecule has 0 fully saturated rings. The summed E-state index contributed by atoms with van der Waals surface area (Å²) in [6, 6.07) is 15.3. The Morgan fingerprint density at radius 3 is 2.26 bits per heavy atom. The third-order valence-corrected chi connectivity index (χ3v) is 4.00. The van der Waals surface area contributed by atoms with Gasteiger partial charge in [0.25, 0.3) is 0 Å². The quantitative estimate of drug-likeness (QED) is 0.527. The predicted octanol–water partition coefficient (Wildman–Crippen LogP) is 4.07. The number of carbonyl (C=O) groups is 1. The summed E-state index contributed by atoms with van der Waals surface area (Å²) >= 11 is 0. The first-order chi connectivity index (χ1) is 13.1. The van der Waals surface area contributed by atoms with Gasteiger partial charge in [0.1, 0.15) is 12.0 Å². The van der Waals surface area contributed by atoms with E-state index in [4.69, 9.17) is 5.73 Å². The molecule has 0 aliphatic heterocycles. The van der Waals surface area contributed by atoms with Gasteiger partial charge in [-0.15, -0.1) is 0 Å². The Hall–Kier alpha value is -3.61. The molecule has 0 saturated carbocycles. The monoisotopic (exact) mass is 362 g/mol. The zero-order valence-corrected chi connectivity index (χ0v) is 15.3. The molecule has 2 aromatic carbocycles. The van der Waals surface area contributed by atoms with Crippen molar-refractivity contribution in [2.75, 3.05) is 21.7 Å². The predicted molar refractivity (Wildman–Crippen MR) is 110 cm³/mol. The number of aromatic nitrogens is 2. The summed E-state index contributed by atoms with van der Waals surface area (Å²) in [7, 11) is 0. The van der Waals surface area contributed by atoms with Crippen LogP contribution < -0.4 is 21.7 Å². The Balaban J connectivity index is 1.79. The SMILES string of the molecule is CCc1ccccc1Nc1ncnc(Nc2ccc(NC(C)=O)cc2)c1N. The maximum absolute atomic E-state index is 11.1. The van der Waals surface area contributed by atoms with E-state index in [1.165, 1.54) is 18.8 Å². The second-order valence-electron chi connectivity index (χ2n) is 6.00. The lowest BCUT2D eigenvalue weighted by molar-refractivity contribution is -0.114. The van der Waals surface area contributed by atoms with Crippen LogP contribution in [0.15, 0.2) is 54.9 Å². The summed E-state index contributed by atoms with van der Waals surface area (Å²) in [6.07, 6.45) is 2.36. The third-order valence-electron chi connectivity index (χ3n) is 4.00. The lowest BCUT2D eigenvalue weighted by Crippen LogP contribution is -2.07. The van der Waals surface area contributed by atoms with Crippen molar-refractivity contribution >= 4 is 40.3 Å². The van der Waals surface area contributed by atoms with E-state index in [1.807, 2.05) is 30.3 Å². The molecule has 0 bridgehead atoms. The van der Waals surface area contributed by atoms with Gasteiger partial charge in [-0.05, 0) is 42.3 Å². The van der Waals surface area contributed by atoms with E-state index in [0.29, 0.717) is 17.3 Å². The fraction of sp³-hybridized carbons (Fsp3) is 0.150. The largest absolute Gasteiger partial charge is 0.393 e. The topological polar surface area (TPSA) is 105 Å². The Morgan fingerprint density at radius 2 is 1.59 bits per heavy atom. The zero-order valence-electron chi connectivity index (χ0n) is 15.3. The molecule has 3 aromatic rings. The molecule has 3 rings (SSSR count). The van der Waals surface area contributed by atoms with Crippen LogP contribution in [-0.4, -0.2) is 15.9 Å². The van der Waals surface area contributed by atoms with Crippen molar-refractivity contribution in [1.29, 1.82) is 0 Å². The minimum absolute atomic E-state index is 0.112. The highest BCUT2D eigenvalue weighted by molar-refractivity contribution is 5.89. The lowest BCUT2D eigenvalue weighted by Gasteiger charge is -2.14. The van der Waals surface area contributed by atoms with Gasteiger partial charge < -0.3 is 21.7 Å². The number of nitrogens with two attached hydrogens (primary N) is 1. The number of nitrogens with one attached hydrogen (secondary N) is 3. The molecule has 0 unspecified atom stereocenters. The minimum atomic E-state index is -0.112. The Kier molecular flexibility index (Phi) is 5.51. The molecule has 138 valence electrons. The van der Waals surface area contributed by atoms with Crippen molar-refractivity contribution in [3.63, 3.8) is 0 Å². The van der Waals surface area contributed by atoms with Gasteiger partial charge in [-0.1, -0.05) is 25.1 Å². The fourth-order valence-corrected chi connectivity index (χ4v) is 2.65. The molecular weight excluding hydrogens is 340 g/mol. The highest BCUT2D eigenvalue weighted by Gasteiger charge is 2.10. The van der Waals surface area contributed by atoms with Gasteiger partial charge in [0.2, 0.25) is 5.91 Å². The third kappa shape index (κ3) is 4.52. The van der Waals surface area contributed by atoms with Crippen LogP contribution in [0.1, 0.15) is 19.4 Å². The van der Waals surface area contributed by atoms with Crippen LogP contribution in [0.25, 0.3) is 0 Å². The number of para-hydroxylation sites is 1. The Labute approximate surface area is 158 Å². The second kappa shape index (κ2) is 8.18. The summed E-state index contributed by atoms with van der Waals surface area (Å²) in [5, 5.41) is 9.19. The fourth-order valence-electron chi connectivity index (χ4n) is 2.65. The number of nitrogens with zero attached hydrogens (tertiary/aromatic N) is 2. The van der Waals surface area contributed by atoms with Crippen LogP contribution in [-0.2, 0) is 11.2 Å². The number of nitrogen functional groups attached to an aromatic ring is 1. The van der Waals surface area contributed by atoms with Crippen LogP contribution in [0.3, 0.4) is 0 Å². The zero-order chi connectivity index (χ0) is 19.2. The molecule has 0 radical (unpaired) electrons. The van der Waals surface area contributed by atoms with Crippen molar-refractivity contribution in [2.45, 2.75) is 20.3 Å². The smallest absolute Gasteiger partial charge is 0.221 e. The van der Waals surface area contributed by atoms with Crippen molar-refractivity contribution in [1.82, 2.24) is 9.97 Å². The van der Waals surface area contributed by atoms with Gasteiger partial charge in [0.05, 0.1) is 0 Å². The van der Waals surface area contributed by atoms with Gasteiger partial charge >= 0.3 is 0 Å². The Bertz CT molecular complexity index is 939. The number of carbonyl (C=O) groups excluding carboxylic acids is 1. The molecule has 0 aliphatic rings. The molecule has 7 heteroatoms. The highest BCUT2D eigenvalue weighted by Crippen LogP contribution is 2.29. The van der Waals surface area contributed by atoms with E-state index in [2.05, 4.69) is 38.9 Å². The highest BCUT2D eigenvalue weighted by atomic mass is 16.1. The molecule has 5 N–H and O–H groups in total. The second-order valence-corrected chi connectivity index (χ2v) is 6.00. The average Bonchev–Trinajstić information content (AvgIpc) is 2.66. The maximum Gasteiger partial charge on any atom is 0.221 e. The van der Waals surface area contributed by atoms with E-state index >= 15 is 0 Å². The molecule has 0 aliphatic carbocycles. The van der Waals surface area contributed by atoms with Crippen LogP contribution in [0, 0.1) is 0 Å². The molecule has 0 spiro atoms. The molecule has 0 saturated heterocycles. The van der Waals surface area contributed by atoms with Crippen molar-refractivity contribution in [3.05, 3.63) is 60.4 Å². The van der Waals surface area contributed by atoms with Crippen LogP contribution in [0.4, 0.5) is 34.4 Å². The molecule has 1 amide bonds. The lowest BCUT2D eigenvalue weighted by atomic mass is 10.1.